The van der Waals surface area contributed by atoms with Gasteiger partial charge in [-0.2, -0.15) is 0 Å². The minimum Gasteiger partial charge on any atom is -0.462 e. The van der Waals surface area contributed by atoms with E-state index in [9.17, 15) is 4.79 Å². The van der Waals surface area contributed by atoms with Crippen molar-refractivity contribution >= 4 is 21.3 Å². The summed E-state index contributed by atoms with van der Waals surface area (Å²) in [5, 5.41) is 0. The molecule has 0 fully saturated rings. The van der Waals surface area contributed by atoms with Gasteiger partial charge in [-0.25, -0.2) is 0 Å². The van der Waals surface area contributed by atoms with Gasteiger partial charge in [-0.3, -0.25) is 4.79 Å². The SMILES string of the molecule is [B]P(C)COC(C)=O. The molecule has 0 saturated carbocycles. The molecule has 2 radical (unpaired) electrons. The molecule has 0 saturated heterocycles. The minimum absolute atomic E-state index is 0.259. The summed E-state index contributed by atoms with van der Waals surface area (Å²) < 4.78 is 4.57. The Balaban J connectivity index is 3.05. The maximum Gasteiger partial charge on any atom is 0.302 e. The van der Waals surface area contributed by atoms with Gasteiger partial charge < -0.3 is 4.74 Å². The molecule has 4 heteroatoms. The smallest absolute Gasteiger partial charge is 0.302 e. The molecule has 0 rings (SSSR count). The molecule has 0 amide bonds. The lowest BCUT2D eigenvalue weighted by Gasteiger charge is -2.03. The standard InChI is InChI=1S/C4H8BO2P/c1-4(6)7-3-8(2)5/h3H2,1-2H3. The Morgan fingerprint density at radius 1 is 1.88 bits per heavy atom. The fourth-order valence-corrected chi connectivity index (χ4v) is 0.578. The van der Waals surface area contributed by atoms with Gasteiger partial charge in [0.1, 0.15) is 13.9 Å². The van der Waals surface area contributed by atoms with E-state index >= 15 is 0 Å². The van der Waals surface area contributed by atoms with Gasteiger partial charge in [-0.05, 0) is 0 Å². The molecule has 0 aromatic rings. The Morgan fingerprint density at radius 2 is 2.38 bits per heavy atom. The molecule has 0 spiro atoms. The summed E-state index contributed by atoms with van der Waals surface area (Å²) in [7, 11) is 4.75. The van der Waals surface area contributed by atoms with Gasteiger partial charge in [0.2, 0.25) is 0 Å². The number of hydrogen-bond acceptors (Lipinski definition) is 2. The monoisotopic (exact) mass is 130 g/mol. The first kappa shape index (κ1) is 7.96. The molecule has 0 heterocycles. The van der Waals surface area contributed by atoms with E-state index in [2.05, 4.69) is 4.74 Å². The van der Waals surface area contributed by atoms with Gasteiger partial charge in [0.15, 0.2) is 0 Å². The number of carbonyl (C=O) groups excluding carboxylic acids is 1. The zero-order valence-corrected chi connectivity index (χ0v) is 5.94. The second-order valence-electron chi connectivity index (χ2n) is 1.52. The Kier molecular flexibility index (Phi) is 3.89. The molecule has 0 aliphatic carbocycles. The summed E-state index contributed by atoms with van der Waals surface area (Å²) in [5.74, 6) is -0.259. The quantitative estimate of drug-likeness (QED) is 0.312. The predicted molar refractivity (Wildman–Crippen MR) is 35.2 cm³/mol. The zero-order valence-electron chi connectivity index (χ0n) is 5.05. The fraction of sp³-hybridized carbons (Fsp3) is 0.750. The highest BCUT2D eigenvalue weighted by Crippen LogP contribution is 2.21. The van der Waals surface area contributed by atoms with Gasteiger partial charge in [0, 0.05) is 6.92 Å². The van der Waals surface area contributed by atoms with E-state index in [-0.39, 0.29) is 5.97 Å². The molecule has 8 heavy (non-hydrogen) atoms. The number of hydrogen-bond donors (Lipinski definition) is 0. The Morgan fingerprint density at radius 3 is 2.50 bits per heavy atom. The molecule has 1 atom stereocenters. The highest BCUT2D eigenvalue weighted by Gasteiger charge is 1.93. The van der Waals surface area contributed by atoms with E-state index in [0.717, 1.165) is 0 Å². The second-order valence-corrected chi connectivity index (χ2v) is 3.29. The van der Waals surface area contributed by atoms with Gasteiger partial charge >= 0.3 is 5.97 Å². The van der Waals surface area contributed by atoms with Gasteiger partial charge in [0.05, 0.1) is 0 Å². The van der Waals surface area contributed by atoms with E-state index in [1.54, 1.807) is 0 Å². The average molecular weight is 130 g/mol. The van der Waals surface area contributed by atoms with E-state index < -0.39 is 7.80 Å². The molecule has 0 aromatic heterocycles. The molecule has 1 unspecified atom stereocenters. The largest absolute Gasteiger partial charge is 0.462 e. The van der Waals surface area contributed by atoms with Crippen molar-refractivity contribution in [2.24, 2.45) is 0 Å². The normalized spacial score (nSPS) is 12.8. The fourth-order valence-electron chi connectivity index (χ4n) is 0.193. The van der Waals surface area contributed by atoms with Gasteiger partial charge in [-0.1, -0.05) is 6.66 Å². The summed E-state index contributed by atoms with van der Waals surface area (Å²) >= 11 is 0. The Labute approximate surface area is 51.7 Å². The van der Waals surface area contributed by atoms with Crippen LogP contribution < -0.4 is 0 Å². The van der Waals surface area contributed by atoms with Crippen LogP contribution in [0.25, 0.3) is 0 Å². The summed E-state index contributed by atoms with van der Waals surface area (Å²) in [5.41, 5.74) is 0. The van der Waals surface area contributed by atoms with Crippen molar-refractivity contribution in [2.45, 2.75) is 6.92 Å². The van der Waals surface area contributed by atoms with Crippen LogP contribution in [0.15, 0.2) is 0 Å². The van der Waals surface area contributed by atoms with Crippen LogP contribution in [0.3, 0.4) is 0 Å². The van der Waals surface area contributed by atoms with Crippen LogP contribution in [0.2, 0.25) is 0 Å². The summed E-state index contributed by atoms with van der Waals surface area (Å²) in [6.45, 7) is 3.22. The first-order valence-electron chi connectivity index (χ1n) is 2.22. The lowest BCUT2D eigenvalue weighted by molar-refractivity contribution is -0.138. The van der Waals surface area contributed by atoms with E-state index in [1.165, 1.54) is 6.92 Å². The third kappa shape index (κ3) is 5.96. The molecule has 0 aliphatic rings. The third-order valence-electron chi connectivity index (χ3n) is 0.471. The second kappa shape index (κ2) is 3.91. The number of ether oxygens (including phenoxy) is 1. The van der Waals surface area contributed by atoms with Gasteiger partial charge in [-0.15, -0.1) is 7.80 Å². The minimum atomic E-state index is -0.576. The molecule has 44 valence electrons. The van der Waals surface area contributed by atoms with Crippen molar-refractivity contribution < 1.29 is 9.53 Å². The molecule has 0 aliphatic heterocycles. The third-order valence-corrected chi connectivity index (χ3v) is 1.01. The lowest BCUT2D eigenvalue weighted by Crippen LogP contribution is -1.98. The molecule has 0 N–H and O–H groups in total. The van der Waals surface area contributed by atoms with Crippen LogP contribution in [0.1, 0.15) is 6.92 Å². The number of rotatable bonds is 2. The van der Waals surface area contributed by atoms with Crippen molar-refractivity contribution in [3.8, 4) is 0 Å². The molecular formula is C4H8BO2P. The first-order chi connectivity index (χ1) is 3.63. The molecule has 0 bridgehead atoms. The van der Waals surface area contributed by atoms with E-state index in [0.29, 0.717) is 6.35 Å². The Bertz CT molecular complexity index is 84.1. The number of esters is 1. The van der Waals surface area contributed by atoms with Crippen molar-refractivity contribution in [2.75, 3.05) is 13.0 Å². The topological polar surface area (TPSA) is 26.3 Å². The highest BCUT2D eigenvalue weighted by atomic mass is 31.1. The molecular weight excluding hydrogens is 122 g/mol. The van der Waals surface area contributed by atoms with Crippen molar-refractivity contribution in [3.63, 3.8) is 0 Å². The zero-order chi connectivity index (χ0) is 6.57. The Hall–Kier alpha value is -0.0351. The summed E-state index contributed by atoms with van der Waals surface area (Å²) in [6, 6.07) is 0. The van der Waals surface area contributed by atoms with Crippen LogP contribution in [-0.2, 0) is 9.53 Å². The molecule has 2 nitrogen and oxygen atoms in total. The lowest BCUT2D eigenvalue weighted by atomic mass is 10.8. The van der Waals surface area contributed by atoms with Crippen molar-refractivity contribution in [1.29, 1.82) is 0 Å². The predicted octanol–water partition coefficient (Wildman–Crippen LogP) is 0.702. The van der Waals surface area contributed by atoms with E-state index in [4.69, 9.17) is 7.57 Å². The molecule has 0 aromatic carbocycles. The van der Waals surface area contributed by atoms with Crippen LogP contribution in [-0.4, -0.2) is 26.5 Å². The average Bonchev–Trinajstić information content (AvgIpc) is 1.61. The van der Waals surface area contributed by atoms with Crippen molar-refractivity contribution in [1.82, 2.24) is 0 Å². The summed E-state index contributed by atoms with van der Waals surface area (Å²) in [4.78, 5) is 10.1. The van der Waals surface area contributed by atoms with Gasteiger partial charge in [0.25, 0.3) is 0 Å². The van der Waals surface area contributed by atoms with Crippen LogP contribution in [0.5, 0.6) is 0 Å². The van der Waals surface area contributed by atoms with Crippen LogP contribution >= 0.6 is 7.80 Å². The summed E-state index contributed by atoms with van der Waals surface area (Å²) in [6.07, 6.45) is 0.380. The van der Waals surface area contributed by atoms with Crippen LogP contribution in [0, 0.1) is 0 Å². The highest BCUT2D eigenvalue weighted by molar-refractivity contribution is 7.81. The number of carbonyl (C=O) groups is 1. The van der Waals surface area contributed by atoms with E-state index in [1.807, 2.05) is 6.66 Å². The maximum atomic E-state index is 10.1. The van der Waals surface area contributed by atoms with Crippen LogP contribution in [0.4, 0.5) is 0 Å². The first-order valence-corrected chi connectivity index (χ1v) is 4.26. The van der Waals surface area contributed by atoms with Crippen molar-refractivity contribution in [3.05, 3.63) is 0 Å². The maximum absolute atomic E-state index is 10.1.